The Balaban J connectivity index is 1.17. The van der Waals surface area contributed by atoms with Crippen molar-refractivity contribution in [2.75, 3.05) is 39.4 Å². The summed E-state index contributed by atoms with van der Waals surface area (Å²) >= 11 is 6.87. The van der Waals surface area contributed by atoms with Gasteiger partial charge in [0.25, 0.3) is 5.91 Å². The van der Waals surface area contributed by atoms with Gasteiger partial charge in [-0.2, -0.15) is 0 Å². The normalized spacial score (nSPS) is 16.1. The number of amides is 1. The SMILES string of the molecule is O=C(O)c1ccc(OCCCN2C(=O)/C(=C/c3cc(-c4ccc5cc(O)ccc5c4)ccc3OCCN3CCCC3)SC2=S)cc1. The Hall–Kier alpha value is -4.38. The van der Waals surface area contributed by atoms with Crippen LogP contribution in [-0.4, -0.2) is 75.6 Å². The van der Waals surface area contributed by atoms with Crippen molar-refractivity contribution < 1.29 is 29.3 Å². The molecule has 0 unspecified atom stereocenters. The molecular formula is C36H34N2O6S2. The Labute approximate surface area is 277 Å². The van der Waals surface area contributed by atoms with Crippen LogP contribution in [-0.2, 0) is 4.79 Å². The highest BCUT2D eigenvalue weighted by atomic mass is 32.2. The van der Waals surface area contributed by atoms with E-state index >= 15 is 0 Å². The second-order valence-corrected chi connectivity index (χ2v) is 12.9. The molecular weight excluding hydrogens is 621 g/mol. The van der Waals surface area contributed by atoms with E-state index in [4.69, 9.17) is 26.8 Å². The number of benzene rings is 4. The van der Waals surface area contributed by atoms with Gasteiger partial charge in [-0.25, -0.2) is 4.79 Å². The summed E-state index contributed by atoms with van der Waals surface area (Å²) in [7, 11) is 0. The fourth-order valence-corrected chi connectivity index (χ4v) is 6.92. The molecule has 0 saturated carbocycles. The maximum Gasteiger partial charge on any atom is 0.335 e. The average molecular weight is 655 g/mol. The van der Waals surface area contributed by atoms with Gasteiger partial charge in [0.1, 0.15) is 28.2 Å². The van der Waals surface area contributed by atoms with Crippen LogP contribution in [0.3, 0.4) is 0 Å². The van der Waals surface area contributed by atoms with Crippen LogP contribution in [0.15, 0.2) is 83.8 Å². The van der Waals surface area contributed by atoms with Gasteiger partial charge in [-0.1, -0.05) is 48.2 Å². The lowest BCUT2D eigenvalue weighted by Crippen LogP contribution is -2.29. The van der Waals surface area contributed by atoms with Crippen molar-refractivity contribution in [2.45, 2.75) is 19.3 Å². The second-order valence-electron chi connectivity index (χ2n) is 11.3. The number of thiocarbonyl (C=S) groups is 1. The molecule has 2 heterocycles. The lowest BCUT2D eigenvalue weighted by molar-refractivity contribution is -0.122. The Morgan fingerprint density at radius 1 is 0.870 bits per heavy atom. The van der Waals surface area contributed by atoms with Gasteiger partial charge in [0.2, 0.25) is 0 Å². The summed E-state index contributed by atoms with van der Waals surface area (Å²) in [5.41, 5.74) is 3.00. The third-order valence-corrected chi connectivity index (χ3v) is 9.46. The number of hydrogen-bond acceptors (Lipinski definition) is 8. The van der Waals surface area contributed by atoms with Gasteiger partial charge in [0, 0.05) is 18.7 Å². The molecule has 8 nitrogen and oxygen atoms in total. The van der Waals surface area contributed by atoms with E-state index in [0.717, 1.165) is 47.1 Å². The number of fused-ring (bicyclic) bond motifs is 1. The van der Waals surface area contributed by atoms with Crippen LogP contribution in [0, 0.1) is 0 Å². The largest absolute Gasteiger partial charge is 0.508 e. The zero-order chi connectivity index (χ0) is 32.0. The van der Waals surface area contributed by atoms with Crippen LogP contribution in [0.4, 0.5) is 0 Å². The monoisotopic (exact) mass is 654 g/mol. The van der Waals surface area contributed by atoms with E-state index in [1.807, 2.05) is 42.5 Å². The lowest BCUT2D eigenvalue weighted by atomic mass is 9.99. The van der Waals surface area contributed by atoms with Crippen molar-refractivity contribution in [3.8, 4) is 28.4 Å². The Kier molecular flexibility index (Phi) is 9.87. The summed E-state index contributed by atoms with van der Waals surface area (Å²) in [4.78, 5) is 29.1. The molecule has 2 saturated heterocycles. The van der Waals surface area contributed by atoms with Crippen molar-refractivity contribution in [1.82, 2.24) is 9.80 Å². The number of aromatic hydroxyl groups is 1. The molecule has 2 aliphatic rings. The van der Waals surface area contributed by atoms with Crippen molar-refractivity contribution >= 4 is 57.0 Å². The maximum atomic E-state index is 13.5. The van der Waals surface area contributed by atoms with Crippen molar-refractivity contribution in [2.24, 2.45) is 0 Å². The highest BCUT2D eigenvalue weighted by Gasteiger charge is 2.32. The molecule has 0 aliphatic carbocycles. The van der Waals surface area contributed by atoms with Crippen LogP contribution in [0.2, 0.25) is 0 Å². The summed E-state index contributed by atoms with van der Waals surface area (Å²) < 4.78 is 12.5. The van der Waals surface area contributed by atoms with Crippen molar-refractivity contribution in [1.29, 1.82) is 0 Å². The molecule has 6 rings (SSSR count). The van der Waals surface area contributed by atoms with E-state index in [1.54, 1.807) is 29.2 Å². The fraction of sp³-hybridized carbons (Fsp3) is 0.250. The zero-order valence-electron chi connectivity index (χ0n) is 25.2. The van der Waals surface area contributed by atoms with Crippen LogP contribution in [0.5, 0.6) is 17.2 Å². The summed E-state index contributed by atoms with van der Waals surface area (Å²) in [6.45, 7) is 4.36. The number of rotatable bonds is 12. The maximum absolute atomic E-state index is 13.5. The van der Waals surface area contributed by atoms with Gasteiger partial charge in [0.15, 0.2) is 0 Å². The first-order valence-corrected chi connectivity index (χ1v) is 16.5. The minimum Gasteiger partial charge on any atom is -0.508 e. The molecule has 2 N–H and O–H groups in total. The van der Waals surface area contributed by atoms with E-state index < -0.39 is 5.97 Å². The number of phenols is 1. The van der Waals surface area contributed by atoms with Crippen LogP contribution in [0.25, 0.3) is 28.0 Å². The molecule has 46 heavy (non-hydrogen) atoms. The van der Waals surface area contributed by atoms with Crippen LogP contribution in [0.1, 0.15) is 35.2 Å². The Bertz CT molecular complexity index is 1800. The van der Waals surface area contributed by atoms with Crippen LogP contribution >= 0.6 is 24.0 Å². The number of ether oxygens (including phenoxy) is 2. The number of aromatic carboxylic acids is 1. The minimum atomic E-state index is -0.989. The highest BCUT2D eigenvalue weighted by Crippen LogP contribution is 2.36. The number of phenolic OH excluding ortho intramolecular Hbond substituents is 1. The molecule has 0 radical (unpaired) electrons. The van der Waals surface area contributed by atoms with E-state index in [2.05, 4.69) is 11.0 Å². The van der Waals surface area contributed by atoms with Gasteiger partial charge in [-0.3, -0.25) is 14.6 Å². The van der Waals surface area contributed by atoms with Gasteiger partial charge in [0.05, 0.1) is 17.1 Å². The van der Waals surface area contributed by atoms with Gasteiger partial charge in [-0.05, 0) is 115 Å². The summed E-state index contributed by atoms with van der Waals surface area (Å²) in [6, 6.07) is 23.7. The van der Waals surface area contributed by atoms with E-state index in [9.17, 15) is 14.7 Å². The highest BCUT2D eigenvalue weighted by molar-refractivity contribution is 8.26. The summed E-state index contributed by atoms with van der Waals surface area (Å²) in [5, 5.41) is 20.9. The lowest BCUT2D eigenvalue weighted by Gasteiger charge is -2.17. The minimum absolute atomic E-state index is 0.153. The third kappa shape index (κ3) is 7.52. The second kappa shape index (κ2) is 14.4. The number of thioether (sulfide) groups is 1. The number of hydrogen-bond donors (Lipinski definition) is 2. The predicted molar refractivity (Wildman–Crippen MR) is 186 cm³/mol. The predicted octanol–water partition coefficient (Wildman–Crippen LogP) is 7.06. The zero-order valence-corrected chi connectivity index (χ0v) is 26.8. The number of carboxylic acid groups (broad SMARTS) is 1. The molecule has 4 aromatic rings. The molecule has 0 spiro atoms. The molecule has 0 atom stereocenters. The fourth-order valence-electron chi connectivity index (χ4n) is 5.62. The molecule has 236 valence electrons. The van der Waals surface area contributed by atoms with Gasteiger partial charge < -0.3 is 19.7 Å². The van der Waals surface area contributed by atoms with Crippen LogP contribution < -0.4 is 9.47 Å². The van der Waals surface area contributed by atoms with Gasteiger partial charge >= 0.3 is 5.97 Å². The van der Waals surface area contributed by atoms with E-state index in [1.165, 1.54) is 36.7 Å². The first-order chi connectivity index (χ1) is 22.3. The topological polar surface area (TPSA) is 99.5 Å². The van der Waals surface area contributed by atoms with Crippen molar-refractivity contribution in [3.05, 3.63) is 94.9 Å². The average Bonchev–Trinajstić information content (AvgIpc) is 3.67. The molecule has 10 heteroatoms. The van der Waals surface area contributed by atoms with E-state index in [-0.39, 0.29) is 17.2 Å². The Morgan fingerprint density at radius 2 is 1.59 bits per heavy atom. The number of carbonyl (C=O) groups excluding carboxylic acids is 1. The molecule has 1 amide bonds. The first kappa shape index (κ1) is 31.6. The molecule has 2 fully saturated rings. The Morgan fingerprint density at radius 3 is 2.37 bits per heavy atom. The summed E-state index contributed by atoms with van der Waals surface area (Å²) in [6.07, 6.45) is 4.87. The number of nitrogens with zero attached hydrogens (tertiary/aromatic N) is 2. The molecule has 4 aromatic carbocycles. The molecule has 0 bridgehead atoms. The smallest absolute Gasteiger partial charge is 0.335 e. The molecule has 0 aromatic heterocycles. The van der Waals surface area contributed by atoms with Crippen molar-refractivity contribution in [3.63, 3.8) is 0 Å². The third-order valence-electron chi connectivity index (χ3n) is 8.09. The van der Waals surface area contributed by atoms with Gasteiger partial charge in [-0.15, -0.1) is 0 Å². The summed E-state index contributed by atoms with van der Waals surface area (Å²) in [5.74, 6) is 0.366. The number of likely N-dealkylation sites (tertiary alicyclic amines) is 1. The number of carboxylic acids is 1. The molecule has 2 aliphatic heterocycles. The quantitative estimate of drug-likeness (QED) is 0.0946. The van der Waals surface area contributed by atoms with E-state index in [0.29, 0.717) is 46.9 Å². The number of carbonyl (C=O) groups is 2. The standard InChI is InChI=1S/C36H34N2O6S2/c39-30-10-6-26-20-25(4-5-28(26)22-30)27-9-13-32(44-19-17-37-14-1-2-15-37)29(21-27)23-33-34(40)38(36(45)46-33)16-3-18-43-31-11-7-24(8-12-31)35(41)42/h4-13,20-23,39H,1-3,14-19H2,(H,41,42)/b33-23-. The first-order valence-electron chi connectivity index (χ1n) is 15.3.